The summed E-state index contributed by atoms with van der Waals surface area (Å²) in [6.07, 6.45) is 3.23. The zero-order valence-corrected chi connectivity index (χ0v) is 14.0. The van der Waals surface area contributed by atoms with E-state index in [0.29, 0.717) is 10.7 Å². The van der Waals surface area contributed by atoms with Crippen LogP contribution in [0.25, 0.3) is 28.0 Å². The van der Waals surface area contributed by atoms with E-state index in [0.717, 1.165) is 27.5 Å². The van der Waals surface area contributed by atoms with E-state index >= 15 is 0 Å². The second-order valence-corrected chi connectivity index (χ2v) is 6.12. The number of hydrogen-bond acceptors (Lipinski definition) is 2. The van der Waals surface area contributed by atoms with Gasteiger partial charge in [0.05, 0.1) is 0 Å². The van der Waals surface area contributed by atoms with Gasteiger partial charge in [0.2, 0.25) is 5.91 Å². The first-order valence-corrected chi connectivity index (χ1v) is 8.23. The molecule has 1 aromatic heterocycles. The van der Waals surface area contributed by atoms with E-state index in [1.165, 1.54) is 6.08 Å². The average Bonchev–Trinajstić information content (AvgIpc) is 2.99. The molecule has 0 fully saturated rings. The Morgan fingerprint density at radius 2 is 1.68 bits per heavy atom. The smallest absolute Gasteiger partial charge is 0.248 e. The minimum absolute atomic E-state index is 0.203. The summed E-state index contributed by atoms with van der Waals surface area (Å²) in [5.41, 5.74) is 3.19. The van der Waals surface area contributed by atoms with Gasteiger partial charge in [-0.15, -0.1) is 0 Å². The largest absolute Gasteiger partial charge is 0.456 e. The van der Waals surface area contributed by atoms with Crippen molar-refractivity contribution in [3.63, 3.8) is 0 Å². The van der Waals surface area contributed by atoms with E-state index in [2.05, 4.69) is 5.32 Å². The van der Waals surface area contributed by atoms with Crippen LogP contribution in [0.4, 0.5) is 5.69 Å². The molecule has 0 aliphatic heterocycles. The molecule has 0 radical (unpaired) electrons. The van der Waals surface area contributed by atoms with Gasteiger partial charge in [0.1, 0.15) is 11.2 Å². The lowest BCUT2D eigenvalue weighted by Gasteiger charge is -2.02. The SMILES string of the molecule is O=C(C=Cc1ccc(Cl)cc1)Nc1ccc2c(c1)oc1ccccc12. The molecule has 4 rings (SSSR count). The standard InChI is InChI=1S/C21H14ClNO2/c22-15-8-5-14(6-9-15)7-12-21(24)23-16-10-11-18-17-3-1-2-4-19(17)25-20(18)13-16/h1-13H,(H,23,24). The van der Waals surface area contributed by atoms with Crippen molar-refractivity contribution in [1.82, 2.24) is 0 Å². The molecular formula is C21H14ClNO2. The normalized spacial score (nSPS) is 11.4. The van der Waals surface area contributed by atoms with Gasteiger partial charge >= 0.3 is 0 Å². The Balaban J connectivity index is 1.54. The number of halogens is 1. The predicted octanol–water partition coefficient (Wildman–Crippen LogP) is 5.89. The quantitative estimate of drug-likeness (QED) is 0.469. The maximum absolute atomic E-state index is 12.1. The molecule has 3 aromatic carbocycles. The van der Waals surface area contributed by atoms with Crippen LogP contribution < -0.4 is 5.32 Å². The summed E-state index contributed by atoms with van der Waals surface area (Å²) >= 11 is 5.85. The fraction of sp³-hybridized carbons (Fsp3) is 0. The molecule has 1 heterocycles. The third-order valence-electron chi connectivity index (χ3n) is 3.94. The number of carbonyl (C=O) groups is 1. The molecule has 0 aliphatic carbocycles. The molecule has 25 heavy (non-hydrogen) atoms. The summed E-state index contributed by atoms with van der Waals surface area (Å²) in [5.74, 6) is -0.203. The number of carbonyl (C=O) groups excluding carboxylic acids is 1. The van der Waals surface area contributed by atoms with Crippen LogP contribution in [-0.4, -0.2) is 5.91 Å². The van der Waals surface area contributed by atoms with Gasteiger partial charge in [-0.25, -0.2) is 0 Å². The molecule has 0 aliphatic rings. The Bertz CT molecular complexity index is 1090. The number of furan rings is 1. The van der Waals surface area contributed by atoms with Crippen molar-refractivity contribution >= 4 is 51.2 Å². The van der Waals surface area contributed by atoms with E-state index in [-0.39, 0.29) is 5.91 Å². The Morgan fingerprint density at radius 1 is 0.920 bits per heavy atom. The molecule has 122 valence electrons. The fourth-order valence-corrected chi connectivity index (χ4v) is 2.86. The first kappa shape index (κ1) is 15.5. The van der Waals surface area contributed by atoms with Crippen molar-refractivity contribution in [3.8, 4) is 0 Å². The summed E-state index contributed by atoms with van der Waals surface area (Å²) < 4.78 is 5.83. The van der Waals surface area contributed by atoms with E-state index < -0.39 is 0 Å². The third-order valence-corrected chi connectivity index (χ3v) is 4.20. The highest BCUT2D eigenvalue weighted by atomic mass is 35.5. The van der Waals surface area contributed by atoms with Crippen LogP contribution in [0.15, 0.2) is 77.2 Å². The number of benzene rings is 3. The van der Waals surface area contributed by atoms with Gasteiger partial charge in [0.15, 0.2) is 0 Å². The molecule has 3 nitrogen and oxygen atoms in total. The second kappa shape index (κ2) is 6.46. The zero-order chi connectivity index (χ0) is 17.2. The predicted molar refractivity (Wildman–Crippen MR) is 103 cm³/mol. The molecule has 4 heteroatoms. The third kappa shape index (κ3) is 3.28. The number of fused-ring (bicyclic) bond motifs is 3. The topological polar surface area (TPSA) is 42.2 Å². The van der Waals surface area contributed by atoms with Crippen LogP contribution in [0.1, 0.15) is 5.56 Å². The maximum Gasteiger partial charge on any atom is 0.248 e. The number of rotatable bonds is 3. The van der Waals surface area contributed by atoms with Crippen LogP contribution >= 0.6 is 11.6 Å². The zero-order valence-electron chi connectivity index (χ0n) is 13.2. The summed E-state index contributed by atoms with van der Waals surface area (Å²) in [5, 5.41) is 5.62. The van der Waals surface area contributed by atoms with Gasteiger partial charge in [-0.1, -0.05) is 41.9 Å². The Hall–Kier alpha value is -3.04. The van der Waals surface area contributed by atoms with E-state index in [1.807, 2.05) is 54.6 Å². The molecular weight excluding hydrogens is 334 g/mol. The number of anilines is 1. The van der Waals surface area contributed by atoms with Crippen LogP contribution in [0.5, 0.6) is 0 Å². The Kier molecular flexibility index (Phi) is 4.00. The first-order valence-electron chi connectivity index (χ1n) is 7.85. The highest BCUT2D eigenvalue weighted by Crippen LogP contribution is 2.30. The summed E-state index contributed by atoms with van der Waals surface area (Å²) in [4.78, 5) is 12.1. The van der Waals surface area contributed by atoms with Gasteiger partial charge in [-0.05, 0) is 42.0 Å². The molecule has 0 unspecified atom stereocenters. The van der Waals surface area contributed by atoms with Crippen LogP contribution in [0.3, 0.4) is 0 Å². The van der Waals surface area contributed by atoms with Crippen molar-refractivity contribution in [2.24, 2.45) is 0 Å². The van der Waals surface area contributed by atoms with E-state index in [4.69, 9.17) is 16.0 Å². The average molecular weight is 348 g/mol. The van der Waals surface area contributed by atoms with E-state index in [1.54, 1.807) is 18.2 Å². The van der Waals surface area contributed by atoms with Crippen LogP contribution in [-0.2, 0) is 4.79 Å². The van der Waals surface area contributed by atoms with Crippen molar-refractivity contribution in [2.45, 2.75) is 0 Å². The number of hydrogen-bond donors (Lipinski definition) is 1. The molecule has 1 N–H and O–H groups in total. The van der Waals surface area contributed by atoms with Crippen LogP contribution in [0.2, 0.25) is 5.02 Å². The molecule has 0 saturated carbocycles. The van der Waals surface area contributed by atoms with Crippen molar-refractivity contribution in [2.75, 3.05) is 5.32 Å². The second-order valence-electron chi connectivity index (χ2n) is 5.68. The highest BCUT2D eigenvalue weighted by molar-refractivity contribution is 6.30. The molecule has 1 amide bonds. The summed E-state index contributed by atoms with van der Waals surface area (Å²) in [7, 11) is 0. The first-order chi connectivity index (χ1) is 12.2. The van der Waals surface area contributed by atoms with Crippen molar-refractivity contribution in [1.29, 1.82) is 0 Å². The lowest BCUT2D eigenvalue weighted by Crippen LogP contribution is -2.07. The highest BCUT2D eigenvalue weighted by Gasteiger charge is 2.07. The molecule has 0 bridgehead atoms. The van der Waals surface area contributed by atoms with Crippen molar-refractivity contribution in [3.05, 3.63) is 83.4 Å². The maximum atomic E-state index is 12.1. The lowest BCUT2D eigenvalue weighted by molar-refractivity contribution is -0.111. The Morgan fingerprint density at radius 3 is 2.52 bits per heavy atom. The van der Waals surface area contributed by atoms with Crippen molar-refractivity contribution < 1.29 is 9.21 Å². The van der Waals surface area contributed by atoms with Crippen LogP contribution in [0, 0.1) is 0 Å². The van der Waals surface area contributed by atoms with Gasteiger partial charge < -0.3 is 9.73 Å². The minimum Gasteiger partial charge on any atom is -0.456 e. The monoisotopic (exact) mass is 347 g/mol. The number of nitrogens with one attached hydrogen (secondary N) is 1. The minimum atomic E-state index is -0.203. The van der Waals surface area contributed by atoms with Gasteiger partial charge in [0.25, 0.3) is 0 Å². The van der Waals surface area contributed by atoms with E-state index in [9.17, 15) is 4.79 Å². The lowest BCUT2D eigenvalue weighted by atomic mass is 10.1. The summed E-state index contributed by atoms with van der Waals surface area (Å²) in [6.45, 7) is 0. The molecule has 0 saturated heterocycles. The van der Waals surface area contributed by atoms with Gasteiger partial charge in [-0.2, -0.15) is 0 Å². The number of para-hydroxylation sites is 1. The number of amides is 1. The molecule has 0 atom stereocenters. The summed E-state index contributed by atoms with van der Waals surface area (Å²) in [6, 6.07) is 20.8. The van der Waals surface area contributed by atoms with Gasteiger partial charge in [-0.3, -0.25) is 4.79 Å². The van der Waals surface area contributed by atoms with Gasteiger partial charge in [0, 0.05) is 33.6 Å². The molecule has 0 spiro atoms. The Labute approximate surface area is 149 Å². The fourth-order valence-electron chi connectivity index (χ4n) is 2.73. The molecule has 4 aromatic rings.